The van der Waals surface area contributed by atoms with Gasteiger partial charge in [0.25, 0.3) is 11.8 Å². The molecule has 2 heterocycles. The van der Waals surface area contributed by atoms with Crippen molar-refractivity contribution < 1.29 is 18.7 Å². The van der Waals surface area contributed by atoms with E-state index in [9.17, 15) is 9.59 Å². The summed E-state index contributed by atoms with van der Waals surface area (Å²) in [5, 5.41) is 3.02. The van der Waals surface area contributed by atoms with Gasteiger partial charge in [-0.05, 0) is 43.2 Å². The minimum atomic E-state index is -0.121. The van der Waals surface area contributed by atoms with Crippen molar-refractivity contribution in [3.05, 3.63) is 54.0 Å². The molecule has 6 nitrogen and oxygen atoms in total. The second-order valence-corrected chi connectivity index (χ2v) is 5.75. The normalized spacial score (nSPS) is 15.1. The number of likely N-dealkylation sites (tertiary alicyclic amines) is 1. The highest BCUT2D eigenvalue weighted by molar-refractivity contribution is 5.95. The molecule has 1 aromatic heterocycles. The molecule has 3 rings (SSSR count). The number of benzene rings is 1. The maximum Gasteiger partial charge on any atom is 0.289 e. The first-order valence-electron chi connectivity index (χ1n) is 7.95. The maximum atomic E-state index is 12.3. The van der Waals surface area contributed by atoms with Gasteiger partial charge in [0.2, 0.25) is 0 Å². The molecule has 0 atom stereocenters. The second kappa shape index (κ2) is 7.21. The average molecular weight is 328 g/mol. The quantitative estimate of drug-likeness (QED) is 0.935. The number of piperidine rings is 1. The molecular weight excluding hydrogens is 308 g/mol. The van der Waals surface area contributed by atoms with Crippen molar-refractivity contribution in [2.75, 3.05) is 20.2 Å². The van der Waals surface area contributed by atoms with Crippen LogP contribution >= 0.6 is 0 Å². The molecule has 126 valence electrons. The molecule has 1 aliphatic rings. The lowest BCUT2D eigenvalue weighted by atomic mass is 10.0. The van der Waals surface area contributed by atoms with E-state index < -0.39 is 0 Å². The van der Waals surface area contributed by atoms with Crippen molar-refractivity contribution in [3.63, 3.8) is 0 Å². The molecule has 2 amide bonds. The Morgan fingerprint density at radius 2 is 2.00 bits per heavy atom. The predicted octanol–water partition coefficient (Wildman–Crippen LogP) is 2.32. The largest absolute Gasteiger partial charge is 0.497 e. The summed E-state index contributed by atoms with van der Waals surface area (Å²) in [6, 6.07) is 10.5. The van der Waals surface area contributed by atoms with Crippen LogP contribution in [-0.2, 0) is 0 Å². The zero-order valence-electron chi connectivity index (χ0n) is 13.5. The van der Waals surface area contributed by atoms with E-state index in [1.807, 2.05) is 0 Å². The molecule has 0 spiro atoms. The van der Waals surface area contributed by atoms with E-state index in [1.54, 1.807) is 48.4 Å². The summed E-state index contributed by atoms with van der Waals surface area (Å²) in [6.07, 6.45) is 2.94. The lowest BCUT2D eigenvalue weighted by Gasteiger charge is -2.31. The molecule has 6 heteroatoms. The van der Waals surface area contributed by atoms with E-state index in [4.69, 9.17) is 9.15 Å². The standard InChI is InChI=1S/C18H20N2O4/c1-23-15-5-2-4-13(12-15)17(21)19-14-7-9-20(10-8-14)18(22)16-6-3-11-24-16/h2-6,11-12,14H,7-10H2,1H3,(H,19,21). The Morgan fingerprint density at radius 1 is 1.21 bits per heavy atom. The number of methoxy groups -OCH3 is 1. The van der Waals surface area contributed by atoms with E-state index in [2.05, 4.69) is 5.32 Å². The van der Waals surface area contributed by atoms with Gasteiger partial charge in [-0.15, -0.1) is 0 Å². The number of carbonyl (C=O) groups excluding carboxylic acids is 2. The molecule has 1 saturated heterocycles. The number of hydrogen-bond donors (Lipinski definition) is 1. The van der Waals surface area contributed by atoms with E-state index in [-0.39, 0.29) is 17.9 Å². The van der Waals surface area contributed by atoms with Gasteiger partial charge in [-0.2, -0.15) is 0 Å². The van der Waals surface area contributed by atoms with Crippen LogP contribution in [0.5, 0.6) is 5.75 Å². The minimum Gasteiger partial charge on any atom is -0.497 e. The van der Waals surface area contributed by atoms with E-state index >= 15 is 0 Å². The van der Waals surface area contributed by atoms with Crippen molar-refractivity contribution in [2.45, 2.75) is 18.9 Å². The first-order valence-corrected chi connectivity index (χ1v) is 7.95. The molecule has 1 N–H and O–H groups in total. The van der Waals surface area contributed by atoms with E-state index in [1.165, 1.54) is 6.26 Å². The van der Waals surface area contributed by atoms with Crippen molar-refractivity contribution in [3.8, 4) is 5.75 Å². The first-order chi connectivity index (χ1) is 11.7. The number of furan rings is 1. The zero-order chi connectivity index (χ0) is 16.9. The highest BCUT2D eigenvalue weighted by Crippen LogP contribution is 2.16. The van der Waals surface area contributed by atoms with Gasteiger partial charge in [-0.25, -0.2) is 0 Å². The molecule has 0 aliphatic carbocycles. The summed E-state index contributed by atoms with van der Waals surface area (Å²) in [5.41, 5.74) is 0.573. The Bertz CT molecular complexity index is 704. The molecule has 1 aliphatic heterocycles. The fourth-order valence-corrected chi connectivity index (χ4v) is 2.82. The summed E-state index contributed by atoms with van der Waals surface area (Å²) in [5.74, 6) is 0.790. The van der Waals surface area contributed by atoms with Crippen molar-refractivity contribution in [1.82, 2.24) is 10.2 Å². The van der Waals surface area contributed by atoms with Crippen LogP contribution in [0.3, 0.4) is 0 Å². The molecule has 0 radical (unpaired) electrons. The van der Waals surface area contributed by atoms with Gasteiger partial charge >= 0.3 is 0 Å². The van der Waals surface area contributed by atoms with Crippen LogP contribution in [0.25, 0.3) is 0 Å². The third-order valence-corrected chi connectivity index (χ3v) is 4.18. The van der Waals surface area contributed by atoms with Gasteiger partial charge in [-0.1, -0.05) is 6.07 Å². The number of hydrogen-bond acceptors (Lipinski definition) is 4. The van der Waals surface area contributed by atoms with Gasteiger partial charge in [-0.3, -0.25) is 9.59 Å². The molecule has 1 aromatic carbocycles. The first kappa shape index (κ1) is 16.1. The average Bonchev–Trinajstić information content (AvgIpc) is 3.16. The van der Waals surface area contributed by atoms with Crippen LogP contribution in [0.4, 0.5) is 0 Å². The van der Waals surface area contributed by atoms with Crippen molar-refractivity contribution in [2.24, 2.45) is 0 Å². The Kier molecular flexibility index (Phi) is 4.84. The minimum absolute atomic E-state index is 0.0596. The van der Waals surface area contributed by atoms with Crippen LogP contribution < -0.4 is 10.1 Å². The summed E-state index contributed by atoms with van der Waals surface area (Å²) in [4.78, 5) is 26.3. The highest BCUT2D eigenvalue weighted by atomic mass is 16.5. The molecule has 1 fully saturated rings. The number of amides is 2. The third-order valence-electron chi connectivity index (χ3n) is 4.18. The highest BCUT2D eigenvalue weighted by Gasteiger charge is 2.26. The number of carbonyl (C=O) groups is 2. The number of nitrogens with zero attached hydrogens (tertiary/aromatic N) is 1. The fourth-order valence-electron chi connectivity index (χ4n) is 2.82. The lowest BCUT2D eigenvalue weighted by Crippen LogP contribution is -2.46. The Labute approximate surface area is 140 Å². The summed E-state index contributed by atoms with van der Waals surface area (Å²) >= 11 is 0. The van der Waals surface area contributed by atoms with Gasteiger partial charge < -0.3 is 19.4 Å². The van der Waals surface area contributed by atoms with Crippen LogP contribution in [0.1, 0.15) is 33.8 Å². The number of rotatable bonds is 4. The van der Waals surface area contributed by atoms with Gasteiger partial charge in [0, 0.05) is 24.7 Å². The predicted molar refractivity (Wildman–Crippen MR) is 88.1 cm³/mol. The molecule has 0 unspecified atom stereocenters. The SMILES string of the molecule is COc1cccc(C(=O)NC2CCN(C(=O)c3ccco3)CC2)c1. The van der Waals surface area contributed by atoms with Gasteiger partial charge in [0.15, 0.2) is 5.76 Å². The lowest BCUT2D eigenvalue weighted by molar-refractivity contribution is 0.0667. The molecule has 2 aromatic rings. The monoisotopic (exact) mass is 328 g/mol. The van der Waals surface area contributed by atoms with Crippen LogP contribution in [-0.4, -0.2) is 43.0 Å². The molecule has 0 saturated carbocycles. The van der Waals surface area contributed by atoms with E-state index in [0.29, 0.717) is 30.2 Å². The second-order valence-electron chi connectivity index (χ2n) is 5.75. The molecular formula is C18H20N2O4. The number of ether oxygens (including phenoxy) is 1. The van der Waals surface area contributed by atoms with Crippen molar-refractivity contribution >= 4 is 11.8 Å². The van der Waals surface area contributed by atoms with Crippen LogP contribution in [0.2, 0.25) is 0 Å². The Morgan fingerprint density at radius 3 is 2.67 bits per heavy atom. The number of nitrogens with one attached hydrogen (secondary N) is 1. The third kappa shape index (κ3) is 3.59. The molecule has 24 heavy (non-hydrogen) atoms. The van der Waals surface area contributed by atoms with Crippen LogP contribution in [0.15, 0.2) is 47.1 Å². The summed E-state index contributed by atoms with van der Waals surface area (Å²) in [7, 11) is 1.57. The zero-order valence-corrected chi connectivity index (χ0v) is 13.5. The summed E-state index contributed by atoms with van der Waals surface area (Å²) < 4.78 is 10.3. The van der Waals surface area contributed by atoms with Gasteiger partial charge in [0.05, 0.1) is 13.4 Å². The fraction of sp³-hybridized carbons (Fsp3) is 0.333. The molecule has 0 bridgehead atoms. The maximum absolute atomic E-state index is 12.3. The Hall–Kier alpha value is -2.76. The van der Waals surface area contributed by atoms with E-state index in [0.717, 1.165) is 12.8 Å². The van der Waals surface area contributed by atoms with Gasteiger partial charge in [0.1, 0.15) is 5.75 Å². The van der Waals surface area contributed by atoms with Crippen molar-refractivity contribution in [1.29, 1.82) is 0 Å². The smallest absolute Gasteiger partial charge is 0.289 e. The topological polar surface area (TPSA) is 71.8 Å². The Balaban J connectivity index is 1.53. The summed E-state index contributed by atoms with van der Waals surface area (Å²) in [6.45, 7) is 1.20. The van der Waals surface area contributed by atoms with Crippen LogP contribution in [0, 0.1) is 0 Å².